The molecule has 2 fully saturated rings. The fourth-order valence-corrected chi connectivity index (χ4v) is 3.94. The van der Waals surface area contributed by atoms with Gasteiger partial charge in [0.05, 0.1) is 6.04 Å². The number of hydrogen-bond donors (Lipinski definition) is 0. The first kappa shape index (κ1) is 17.6. The molecular weight excluding hydrogens is 322 g/mol. The maximum Gasteiger partial charge on any atom is 0.239 e. The number of halogens is 1. The minimum absolute atomic E-state index is 0.00962. The largest absolute Gasteiger partial charge is 0.369 e. The Balaban J connectivity index is 1.54. The average molecular weight is 350 g/mol. The molecule has 1 amide bonds. The van der Waals surface area contributed by atoms with E-state index < -0.39 is 0 Å². The topological polar surface area (TPSA) is 26.8 Å². The van der Waals surface area contributed by atoms with Gasteiger partial charge in [-0.2, -0.15) is 0 Å². The Morgan fingerprint density at radius 3 is 2.29 bits per heavy atom. The van der Waals surface area contributed by atoms with Crippen LogP contribution in [0, 0.1) is 0 Å². The molecule has 0 aromatic heterocycles. The lowest BCUT2D eigenvalue weighted by molar-refractivity contribution is -0.136. The highest BCUT2D eigenvalue weighted by molar-refractivity contribution is 6.30. The Labute approximate surface area is 150 Å². The van der Waals surface area contributed by atoms with Gasteiger partial charge in [-0.25, -0.2) is 0 Å². The summed E-state index contributed by atoms with van der Waals surface area (Å²) in [6, 6.07) is 8.01. The zero-order chi connectivity index (χ0) is 16.9. The second-order valence-electron chi connectivity index (χ2n) is 6.92. The molecule has 3 rings (SSSR count). The molecule has 4 nitrogen and oxygen atoms in total. The van der Waals surface area contributed by atoms with Gasteiger partial charge in [0.15, 0.2) is 0 Å². The van der Waals surface area contributed by atoms with E-state index in [1.54, 1.807) is 0 Å². The molecule has 5 heteroatoms. The molecule has 24 heavy (non-hydrogen) atoms. The van der Waals surface area contributed by atoms with Crippen LogP contribution in [-0.2, 0) is 4.79 Å². The van der Waals surface area contributed by atoms with E-state index in [1.807, 2.05) is 18.2 Å². The van der Waals surface area contributed by atoms with Gasteiger partial charge in [-0.05, 0) is 38.0 Å². The third-order valence-corrected chi connectivity index (χ3v) is 5.55. The molecule has 2 heterocycles. The van der Waals surface area contributed by atoms with Gasteiger partial charge in [-0.3, -0.25) is 9.69 Å². The van der Waals surface area contributed by atoms with Crippen LogP contribution >= 0.6 is 11.6 Å². The van der Waals surface area contributed by atoms with Crippen LogP contribution in [0.2, 0.25) is 5.02 Å². The van der Waals surface area contributed by atoms with E-state index in [9.17, 15) is 4.79 Å². The maximum atomic E-state index is 12.8. The molecule has 0 N–H and O–H groups in total. The fraction of sp³-hybridized carbons (Fsp3) is 0.632. The summed E-state index contributed by atoms with van der Waals surface area (Å²) in [4.78, 5) is 19.6. The van der Waals surface area contributed by atoms with Crippen LogP contribution in [0.3, 0.4) is 0 Å². The number of carbonyl (C=O) groups is 1. The molecule has 2 aliphatic rings. The van der Waals surface area contributed by atoms with Crippen LogP contribution in [0.5, 0.6) is 0 Å². The van der Waals surface area contributed by atoms with Gasteiger partial charge in [-0.15, -0.1) is 0 Å². The number of anilines is 1. The van der Waals surface area contributed by atoms with Crippen molar-refractivity contribution in [1.82, 2.24) is 9.80 Å². The Morgan fingerprint density at radius 1 is 1.00 bits per heavy atom. The van der Waals surface area contributed by atoms with E-state index in [1.165, 1.54) is 18.5 Å². The van der Waals surface area contributed by atoms with Crippen molar-refractivity contribution < 1.29 is 4.79 Å². The molecule has 1 aromatic rings. The standard InChI is InChI=1S/C19H28ClN3O/c1-16(19(24)23-9-4-2-3-5-10-23)21-11-13-22(14-12-21)18-8-6-7-17(20)15-18/h6-8,15-16H,2-5,9-14H2,1H3. The van der Waals surface area contributed by atoms with Gasteiger partial charge in [-0.1, -0.05) is 30.5 Å². The summed E-state index contributed by atoms with van der Waals surface area (Å²) in [6.07, 6.45) is 4.83. The number of benzene rings is 1. The molecule has 2 aliphatic heterocycles. The molecule has 0 radical (unpaired) electrons. The summed E-state index contributed by atoms with van der Waals surface area (Å²) < 4.78 is 0. The SMILES string of the molecule is CC(C(=O)N1CCCCCC1)N1CCN(c2cccc(Cl)c2)CC1. The third kappa shape index (κ3) is 4.22. The smallest absolute Gasteiger partial charge is 0.239 e. The lowest BCUT2D eigenvalue weighted by Crippen LogP contribution is -2.54. The van der Waals surface area contributed by atoms with Crippen molar-refractivity contribution in [2.24, 2.45) is 0 Å². The summed E-state index contributed by atoms with van der Waals surface area (Å²) in [7, 11) is 0. The monoisotopic (exact) mass is 349 g/mol. The second-order valence-corrected chi connectivity index (χ2v) is 7.35. The number of nitrogens with zero attached hydrogens (tertiary/aromatic N) is 3. The highest BCUT2D eigenvalue weighted by atomic mass is 35.5. The van der Waals surface area contributed by atoms with E-state index in [-0.39, 0.29) is 6.04 Å². The van der Waals surface area contributed by atoms with Crippen LogP contribution in [0.1, 0.15) is 32.6 Å². The molecule has 1 atom stereocenters. The highest BCUT2D eigenvalue weighted by Gasteiger charge is 2.29. The molecule has 0 saturated carbocycles. The number of amides is 1. The van der Waals surface area contributed by atoms with Crippen LogP contribution in [0.15, 0.2) is 24.3 Å². The van der Waals surface area contributed by atoms with Crippen molar-refractivity contribution in [2.45, 2.75) is 38.6 Å². The average Bonchev–Trinajstić information content (AvgIpc) is 2.90. The minimum Gasteiger partial charge on any atom is -0.369 e. The number of hydrogen-bond acceptors (Lipinski definition) is 3. The lowest BCUT2D eigenvalue weighted by atomic mass is 10.2. The molecule has 0 spiro atoms. The molecule has 0 bridgehead atoms. The van der Waals surface area contributed by atoms with Crippen molar-refractivity contribution in [3.05, 3.63) is 29.3 Å². The third-order valence-electron chi connectivity index (χ3n) is 5.31. The quantitative estimate of drug-likeness (QED) is 0.838. The first-order valence-corrected chi connectivity index (χ1v) is 9.56. The Kier molecular flexibility index (Phi) is 6.01. The highest BCUT2D eigenvalue weighted by Crippen LogP contribution is 2.22. The first-order valence-electron chi connectivity index (χ1n) is 9.18. The Bertz CT molecular complexity index is 549. The molecule has 2 saturated heterocycles. The Hall–Kier alpha value is -1.26. The molecule has 1 aromatic carbocycles. The number of rotatable bonds is 3. The summed E-state index contributed by atoms with van der Waals surface area (Å²) in [5, 5.41) is 0.777. The van der Waals surface area contributed by atoms with Gasteiger partial charge in [0.1, 0.15) is 0 Å². The van der Waals surface area contributed by atoms with Gasteiger partial charge < -0.3 is 9.80 Å². The number of carbonyl (C=O) groups excluding carboxylic acids is 1. The van der Waals surface area contributed by atoms with Crippen LogP contribution in [-0.4, -0.2) is 61.0 Å². The van der Waals surface area contributed by atoms with E-state index in [4.69, 9.17) is 11.6 Å². The molecule has 1 unspecified atom stereocenters. The summed E-state index contributed by atoms with van der Waals surface area (Å²) in [5.74, 6) is 0.313. The van der Waals surface area contributed by atoms with Gasteiger partial charge in [0, 0.05) is 50.0 Å². The van der Waals surface area contributed by atoms with Crippen LogP contribution in [0.25, 0.3) is 0 Å². The zero-order valence-electron chi connectivity index (χ0n) is 14.6. The normalized spacial score (nSPS) is 21.4. The molecule has 0 aliphatic carbocycles. The van der Waals surface area contributed by atoms with E-state index in [0.717, 1.165) is 57.1 Å². The lowest BCUT2D eigenvalue weighted by Gasteiger charge is -2.39. The van der Waals surface area contributed by atoms with Crippen molar-refractivity contribution in [2.75, 3.05) is 44.2 Å². The van der Waals surface area contributed by atoms with E-state index in [0.29, 0.717) is 5.91 Å². The van der Waals surface area contributed by atoms with Crippen molar-refractivity contribution >= 4 is 23.2 Å². The van der Waals surface area contributed by atoms with Crippen molar-refractivity contribution in [1.29, 1.82) is 0 Å². The molecular formula is C19H28ClN3O. The van der Waals surface area contributed by atoms with Crippen molar-refractivity contribution in [3.8, 4) is 0 Å². The molecule has 132 valence electrons. The summed E-state index contributed by atoms with van der Waals surface area (Å²) in [6.45, 7) is 7.68. The van der Waals surface area contributed by atoms with Gasteiger partial charge in [0.25, 0.3) is 0 Å². The predicted octanol–water partition coefficient (Wildman–Crippen LogP) is 3.25. The summed E-state index contributed by atoms with van der Waals surface area (Å²) in [5.41, 5.74) is 1.17. The first-order chi connectivity index (χ1) is 11.6. The minimum atomic E-state index is -0.00962. The van der Waals surface area contributed by atoms with Crippen molar-refractivity contribution in [3.63, 3.8) is 0 Å². The van der Waals surface area contributed by atoms with Crippen LogP contribution in [0.4, 0.5) is 5.69 Å². The van der Waals surface area contributed by atoms with E-state index in [2.05, 4.69) is 27.7 Å². The number of piperazine rings is 1. The predicted molar refractivity (Wildman–Crippen MR) is 99.7 cm³/mol. The van der Waals surface area contributed by atoms with Gasteiger partial charge >= 0.3 is 0 Å². The zero-order valence-corrected chi connectivity index (χ0v) is 15.3. The van der Waals surface area contributed by atoms with Crippen LogP contribution < -0.4 is 4.90 Å². The summed E-state index contributed by atoms with van der Waals surface area (Å²) >= 11 is 6.10. The number of likely N-dealkylation sites (tertiary alicyclic amines) is 1. The fourth-order valence-electron chi connectivity index (χ4n) is 3.75. The Morgan fingerprint density at radius 2 is 1.67 bits per heavy atom. The van der Waals surface area contributed by atoms with E-state index >= 15 is 0 Å². The van der Waals surface area contributed by atoms with Gasteiger partial charge in [0.2, 0.25) is 5.91 Å². The maximum absolute atomic E-state index is 12.8. The second kappa shape index (κ2) is 8.21.